The first-order valence-electron chi connectivity index (χ1n) is 3.22. The molecule has 0 rings (SSSR count). The Morgan fingerprint density at radius 3 is 2.42 bits per heavy atom. The Kier molecular flexibility index (Phi) is 3.99. The molecule has 1 N–H and O–H groups in total. The topological polar surface area (TPSA) is 66.8 Å². The second-order valence-corrected chi connectivity index (χ2v) is 2.01. The summed E-state index contributed by atoms with van der Waals surface area (Å²) in [4.78, 5) is 22.2. The fourth-order valence-electron chi connectivity index (χ4n) is 0.620. The summed E-state index contributed by atoms with van der Waals surface area (Å²) in [6.45, 7) is 4.46. The molecule has 0 radical (unpaired) electrons. The van der Waals surface area contributed by atoms with Crippen LogP contribution in [0.25, 0.3) is 0 Å². The molecule has 1 amide bonds. The number of aliphatic hydroxyl groups is 1. The van der Waals surface area contributed by atoms with Crippen LogP contribution in [0.5, 0.6) is 0 Å². The molecular formula is C7H11NO4. The van der Waals surface area contributed by atoms with Crippen molar-refractivity contribution in [3.05, 3.63) is 12.8 Å². The van der Waals surface area contributed by atoms with Gasteiger partial charge in [-0.1, -0.05) is 6.58 Å². The van der Waals surface area contributed by atoms with Crippen molar-refractivity contribution in [2.24, 2.45) is 0 Å². The van der Waals surface area contributed by atoms with Gasteiger partial charge in [0.1, 0.15) is 0 Å². The van der Waals surface area contributed by atoms with Gasteiger partial charge in [-0.3, -0.25) is 9.69 Å². The van der Waals surface area contributed by atoms with Crippen molar-refractivity contribution >= 4 is 11.9 Å². The molecule has 0 aliphatic heterocycles. The Labute approximate surface area is 70.2 Å². The van der Waals surface area contributed by atoms with Crippen molar-refractivity contribution in [2.45, 2.75) is 13.2 Å². The fraction of sp³-hybridized carbons (Fsp3) is 0.429. The summed E-state index contributed by atoms with van der Waals surface area (Å²) in [5.74, 6) is -1.38. The maximum atomic E-state index is 10.7. The van der Waals surface area contributed by atoms with E-state index in [0.717, 1.165) is 18.2 Å². The maximum absolute atomic E-state index is 10.7. The van der Waals surface area contributed by atoms with Crippen LogP contribution in [0, 0.1) is 0 Å². The van der Waals surface area contributed by atoms with Crippen molar-refractivity contribution in [1.82, 2.24) is 4.90 Å². The zero-order chi connectivity index (χ0) is 9.72. The van der Waals surface area contributed by atoms with E-state index in [1.165, 1.54) is 6.92 Å². The smallest absolute Gasteiger partial charge is 0.356 e. The third-order valence-corrected chi connectivity index (χ3v) is 1.24. The number of nitrogens with zero attached hydrogens (tertiary/aromatic N) is 1. The van der Waals surface area contributed by atoms with E-state index in [2.05, 4.69) is 11.3 Å². The van der Waals surface area contributed by atoms with Crippen LogP contribution in [0.2, 0.25) is 0 Å². The third-order valence-electron chi connectivity index (χ3n) is 1.24. The number of carbonyl (C=O) groups is 2. The number of rotatable bonds is 3. The molecule has 0 aromatic heterocycles. The summed E-state index contributed by atoms with van der Waals surface area (Å²) in [5, 5.41) is 9.11. The van der Waals surface area contributed by atoms with Crippen LogP contribution in [0.3, 0.4) is 0 Å². The highest BCUT2D eigenvalue weighted by Crippen LogP contribution is 1.98. The first-order valence-corrected chi connectivity index (χ1v) is 3.22. The standard InChI is InChI=1S/C7H11NO4/c1-4-8(5(2)9)6(10)7(11)12-3/h4,6,10H,1H2,2-3H3. The second-order valence-electron chi connectivity index (χ2n) is 2.01. The summed E-state index contributed by atoms with van der Waals surface area (Å²) in [5.41, 5.74) is 0. The predicted octanol–water partition coefficient (Wildman–Crippen LogP) is -0.530. The minimum atomic E-state index is -1.61. The highest BCUT2D eigenvalue weighted by molar-refractivity contribution is 5.82. The van der Waals surface area contributed by atoms with E-state index in [1.54, 1.807) is 0 Å². The average Bonchev–Trinajstić information content (AvgIpc) is 2.03. The van der Waals surface area contributed by atoms with Crippen LogP contribution < -0.4 is 0 Å². The second kappa shape index (κ2) is 4.50. The van der Waals surface area contributed by atoms with Crippen LogP contribution in [0.15, 0.2) is 12.8 Å². The van der Waals surface area contributed by atoms with Crippen LogP contribution in [-0.4, -0.2) is 35.2 Å². The molecular weight excluding hydrogens is 162 g/mol. The molecule has 0 saturated carbocycles. The summed E-state index contributed by atoms with van der Waals surface area (Å²) >= 11 is 0. The molecule has 0 fully saturated rings. The SMILES string of the molecule is C=CN(C(C)=O)C(O)C(=O)OC. The number of amides is 1. The van der Waals surface area contributed by atoms with Gasteiger partial charge in [-0.25, -0.2) is 4.79 Å². The summed E-state index contributed by atoms with van der Waals surface area (Å²) in [6, 6.07) is 0. The van der Waals surface area contributed by atoms with Crippen molar-refractivity contribution in [3.8, 4) is 0 Å². The normalized spacial score (nSPS) is 11.6. The van der Waals surface area contributed by atoms with Gasteiger partial charge in [-0.05, 0) is 0 Å². The highest BCUT2D eigenvalue weighted by Gasteiger charge is 2.23. The lowest BCUT2D eigenvalue weighted by Crippen LogP contribution is -2.40. The van der Waals surface area contributed by atoms with E-state index in [-0.39, 0.29) is 0 Å². The molecule has 12 heavy (non-hydrogen) atoms. The van der Waals surface area contributed by atoms with Gasteiger partial charge in [-0.2, -0.15) is 0 Å². The van der Waals surface area contributed by atoms with Gasteiger partial charge in [0, 0.05) is 13.1 Å². The van der Waals surface area contributed by atoms with E-state index in [0.29, 0.717) is 0 Å². The molecule has 5 nitrogen and oxygen atoms in total. The van der Waals surface area contributed by atoms with Crippen molar-refractivity contribution in [3.63, 3.8) is 0 Å². The Morgan fingerprint density at radius 1 is 1.67 bits per heavy atom. The van der Waals surface area contributed by atoms with E-state index in [1.807, 2.05) is 0 Å². The fourth-order valence-corrected chi connectivity index (χ4v) is 0.620. The van der Waals surface area contributed by atoms with Crippen molar-refractivity contribution < 1.29 is 19.4 Å². The number of methoxy groups -OCH3 is 1. The van der Waals surface area contributed by atoms with E-state index >= 15 is 0 Å². The van der Waals surface area contributed by atoms with E-state index in [4.69, 9.17) is 5.11 Å². The van der Waals surface area contributed by atoms with Gasteiger partial charge >= 0.3 is 5.97 Å². The average molecular weight is 173 g/mol. The summed E-state index contributed by atoms with van der Waals surface area (Å²) < 4.78 is 4.21. The third kappa shape index (κ3) is 2.35. The first kappa shape index (κ1) is 10.6. The maximum Gasteiger partial charge on any atom is 0.356 e. The molecule has 1 atom stereocenters. The Morgan fingerprint density at radius 2 is 2.17 bits per heavy atom. The largest absolute Gasteiger partial charge is 0.466 e. The number of esters is 1. The molecule has 0 saturated heterocycles. The molecule has 0 spiro atoms. The van der Waals surface area contributed by atoms with Gasteiger partial charge < -0.3 is 9.84 Å². The summed E-state index contributed by atoms with van der Waals surface area (Å²) in [6.07, 6.45) is -0.547. The number of ether oxygens (including phenoxy) is 1. The highest BCUT2D eigenvalue weighted by atomic mass is 16.5. The molecule has 1 unspecified atom stereocenters. The minimum Gasteiger partial charge on any atom is -0.466 e. The Hall–Kier alpha value is -1.36. The lowest BCUT2D eigenvalue weighted by molar-refractivity contribution is -0.163. The van der Waals surface area contributed by atoms with Gasteiger partial charge in [0.05, 0.1) is 7.11 Å². The number of carbonyl (C=O) groups excluding carboxylic acids is 2. The number of hydrogen-bond acceptors (Lipinski definition) is 4. The minimum absolute atomic E-state index is 0.483. The van der Waals surface area contributed by atoms with Crippen LogP contribution >= 0.6 is 0 Å². The molecule has 0 aliphatic carbocycles. The van der Waals surface area contributed by atoms with Gasteiger partial charge in [0.15, 0.2) is 0 Å². The summed E-state index contributed by atoms with van der Waals surface area (Å²) in [7, 11) is 1.12. The molecule has 0 aromatic carbocycles. The van der Waals surface area contributed by atoms with Crippen LogP contribution in [0.1, 0.15) is 6.92 Å². The molecule has 0 aromatic rings. The molecule has 5 heteroatoms. The van der Waals surface area contributed by atoms with E-state index in [9.17, 15) is 9.59 Å². The predicted molar refractivity (Wildman–Crippen MR) is 40.7 cm³/mol. The monoisotopic (exact) mass is 173 g/mol. The Balaban J connectivity index is 4.41. The van der Waals surface area contributed by atoms with Crippen LogP contribution in [-0.2, 0) is 14.3 Å². The van der Waals surface area contributed by atoms with Crippen molar-refractivity contribution in [2.75, 3.05) is 7.11 Å². The van der Waals surface area contributed by atoms with Gasteiger partial charge in [-0.15, -0.1) is 0 Å². The first-order chi connectivity index (χ1) is 5.54. The lowest BCUT2D eigenvalue weighted by atomic mass is 10.4. The molecule has 0 bridgehead atoms. The quantitative estimate of drug-likeness (QED) is 0.460. The van der Waals surface area contributed by atoms with Gasteiger partial charge in [0.2, 0.25) is 12.1 Å². The molecule has 68 valence electrons. The molecule has 0 aliphatic rings. The van der Waals surface area contributed by atoms with Crippen molar-refractivity contribution in [1.29, 1.82) is 0 Å². The number of aliphatic hydroxyl groups excluding tert-OH is 1. The van der Waals surface area contributed by atoms with E-state index < -0.39 is 18.1 Å². The molecule has 0 heterocycles. The number of hydrogen-bond donors (Lipinski definition) is 1. The van der Waals surface area contributed by atoms with Crippen LogP contribution in [0.4, 0.5) is 0 Å². The zero-order valence-electron chi connectivity index (χ0n) is 6.98. The lowest BCUT2D eigenvalue weighted by Gasteiger charge is -2.19. The zero-order valence-corrected chi connectivity index (χ0v) is 6.98. The van der Waals surface area contributed by atoms with Gasteiger partial charge in [0.25, 0.3) is 0 Å². The Bertz CT molecular complexity index is 202.